The molecule has 1 rings (SSSR count). The molecule has 0 fully saturated rings. The summed E-state index contributed by atoms with van der Waals surface area (Å²) in [5.41, 5.74) is 0. The van der Waals surface area contributed by atoms with Crippen molar-refractivity contribution in [3.8, 4) is 0 Å². The molecular weight excluding hydrogens is 90.1 g/mol. The highest BCUT2D eigenvalue weighted by atomic mass is 15.2. The summed E-state index contributed by atoms with van der Waals surface area (Å²) in [6, 6.07) is 0. The Kier molecular flexibility index (Phi) is 0.817. The van der Waals surface area contributed by atoms with Crippen LogP contribution in [0.25, 0.3) is 0 Å². The predicted molar refractivity (Wildman–Crippen MR) is 24.6 cm³/mol. The van der Waals surface area contributed by atoms with Gasteiger partial charge in [-0.25, -0.2) is 0 Å². The summed E-state index contributed by atoms with van der Waals surface area (Å²) in [6.45, 7) is 1.88. The van der Waals surface area contributed by atoms with Crippen molar-refractivity contribution in [3.63, 3.8) is 0 Å². The molecule has 0 N–H and O–H groups in total. The normalized spacial score (nSPS) is 9.43. The van der Waals surface area contributed by atoms with Gasteiger partial charge in [0, 0.05) is 7.05 Å². The Morgan fingerprint density at radius 3 is 2.57 bits per heavy atom. The van der Waals surface area contributed by atoms with Crippen molar-refractivity contribution < 1.29 is 0 Å². The van der Waals surface area contributed by atoms with E-state index in [1.165, 1.54) is 0 Å². The van der Waals surface area contributed by atoms with E-state index in [1.807, 2.05) is 14.0 Å². The number of hydrogen-bond acceptors (Lipinski definition) is 2. The number of hydrogen-bond donors (Lipinski definition) is 0. The lowest BCUT2D eigenvalue weighted by atomic mass is 10.7. The first-order chi connectivity index (χ1) is 3.30. The van der Waals surface area contributed by atoms with Gasteiger partial charge >= 0.3 is 0 Å². The van der Waals surface area contributed by atoms with E-state index >= 15 is 0 Å². The molecule has 0 bridgehead atoms. The Morgan fingerprint density at radius 2 is 2.43 bits per heavy atom. The topological polar surface area (TPSA) is 30.7 Å². The third kappa shape index (κ3) is 0.607. The molecule has 0 saturated heterocycles. The molecule has 0 unspecified atom stereocenters. The first-order valence-corrected chi connectivity index (χ1v) is 2.04. The number of aryl methyl sites for hydroxylation is 2. The molecule has 1 radical (unpaired) electrons. The lowest BCUT2D eigenvalue weighted by Gasteiger charge is -1.83. The second kappa shape index (κ2) is 1.33. The smallest absolute Gasteiger partial charge is 0.201 e. The van der Waals surface area contributed by atoms with Crippen molar-refractivity contribution >= 4 is 0 Å². The summed E-state index contributed by atoms with van der Waals surface area (Å²) in [5, 5.41) is 7.18. The van der Waals surface area contributed by atoms with Crippen LogP contribution in [0.15, 0.2) is 0 Å². The van der Waals surface area contributed by atoms with E-state index in [9.17, 15) is 0 Å². The summed E-state index contributed by atoms with van der Waals surface area (Å²) in [6.07, 6.45) is 2.62. The van der Waals surface area contributed by atoms with Gasteiger partial charge in [0.1, 0.15) is 5.82 Å². The van der Waals surface area contributed by atoms with Crippen LogP contribution in [0.4, 0.5) is 0 Å². The Bertz CT molecular complexity index is 139. The molecule has 0 aromatic carbocycles. The highest BCUT2D eigenvalue weighted by molar-refractivity contribution is 4.75. The quantitative estimate of drug-likeness (QED) is 0.452. The fourth-order valence-corrected chi connectivity index (χ4v) is 0.301. The molecule has 0 atom stereocenters. The van der Waals surface area contributed by atoms with Gasteiger partial charge in [0.15, 0.2) is 0 Å². The van der Waals surface area contributed by atoms with Crippen LogP contribution in [0.5, 0.6) is 0 Å². The summed E-state index contributed by atoms with van der Waals surface area (Å²) in [4.78, 5) is 0. The first-order valence-electron chi connectivity index (χ1n) is 2.04. The highest BCUT2D eigenvalue weighted by Gasteiger charge is 1.87. The monoisotopic (exact) mass is 96.1 g/mol. The Hall–Kier alpha value is -0.860. The van der Waals surface area contributed by atoms with Gasteiger partial charge in [0.25, 0.3) is 0 Å². The maximum absolute atomic E-state index is 3.67. The molecule has 1 aromatic rings. The predicted octanol–water partition coefficient (Wildman–Crippen LogP) is -0.0763. The zero-order chi connectivity index (χ0) is 5.28. The minimum atomic E-state index is 0.889. The summed E-state index contributed by atoms with van der Waals surface area (Å²) in [7, 11) is 1.86. The van der Waals surface area contributed by atoms with Gasteiger partial charge in [-0.2, -0.15) is 0 Å². The third-order valence-corrected chi connectivity index (χ3v) is 0.875. The van der Waals surface area contributed by atoms with Gasteiger partial charge in [-0.05, 0) is 6.92 Å². The van der Waals surface area contributed by atoms with Crippen LogP contribution in [0.3, 0.4) is 0 Å². The molecule has 0 amide bonds. The zero-order valence-electron chi connectivity index (χ0n) is 4.34. The number of aromatic nitrogens is 3. The van der Waals surface area contributed by atoms with E-state index in [0.29, 0.717) is 0 Å². The summed E-state index contributed by atoms with van der Waals surface area (Å²) in [5.74, 6) is 0.889. The van der Waals surface area contributed by atoms with E-state index in [2.05, 4.69) is 16.5 Å². The largest absolute Gasteiger partial charge is 0.312 e. The molecule has 7 heavy (non-hydrogen) atoms. The first kappa shape index (κ1) is 4.30. The number of nitrogens with zero attached hydrogens (tertiary/aromatic N) is 3. The minimum absolute atomic E-state index is 0.889. The Morgan fingerprint density at radius 1 is 1.71 bits per heavy atom. The molecule has 0 saturated carbocycles. The third-order valence-electron chi connectivity index (χ3n) is 0.875. The molecule has 0 aliphatic heterocycles. The van der Waals surface area contributed by atoms with Gasteiger partial charge in [-0.3, -0.25) is 0 Å². The van der Waals surface area contributed by atoms with Gasteiger partial charge in [0.05, 0.1) is 0 Å². The molecule has 37 valence electrons. The minimum Gasteiger partial charge on any atom is -0.312 e. The Balaban J connectivity index is 3.12. The van der Waals surface area contributed by atoms with E-state index in [4.69, 9.17) is 0 Å². The molecule has 0 aliphatic rings. The average molecular weight is 96.1 g/mol. The van der Waals surface area contributed by atoms with Crippen LogP contribution < -0.4 is 0 Å². The van der Waals surface area contributed by atoms with Crippen LogP contribution in [0.2, 0.25) is 0 Å². The summed E-state index contributed by atoms with van der Waals surface area (Å²) >= 11 is 0. The van der Waals surface area contributed by atoms with Crippen LogP contribution in [0, 0.1) is 13.3 Å². The van der Waals surface area contributed by atoms with E-state index in [1.54, 1.807) is 4.57 Å². The van der Waals surface area contributed by atoms with Crippen molar-refractivity contribution in [2.45, 2.75) is 6.92 Å². The highest BCUT2D eigenvalue weighted by Crippen LogP contribution is 1.81. The van der Waals surface area contributed by atoms with Crippen LogP contribution in [0.1, 0.15) is 5.82 Å². The van der Waals surface area contributed by atoms with Crippen LogP contribution in [-0.4, -0.2) is 14.8 Å². The van der Waals surface area contributed by atoms with Crippen LogP contribution >= 0.6 is 0 Å². The van der Waals surface area contributed by atoms with Gasteiger partial charge in [0.2, 0.25) is 6.33 Å². The standard InChI is InChI=1S/C4H6N3/c1-4-6-5-3-7(4)2/h1-2H3. The molecular formula is C4H6N3. The average Bonchev–Trinajstić information content (AvgIpc) is 1.91. The lowest BCUT2D eigenvalue weighted by Crippen LogP contribution is -1.87. The Labute approximate surface area is 42.0 Å². The van der Waals surface area contributed by atoms with Crippen molar-refractivity contribution in [2.24, 2.45) is 7.05 Å². The SMILES string of the molecule is Cc1nn[c]n1C. The van der Waals surface area contributed by atoms with Crippen molar-refractivity contribution in [3.05, 3.63) is 12.2 Å². The zero-order valence-corrected chi connectivity index (χ0v) is 4.34. The maximum atomic E-state index is 3.67. The van der Waals surface area contributed by atoms with Gasteiger partial charge < -0.3 is 4.57 Å². The van der Waals surface area contributed by atoms with Crippen molar-refractivity contribution in [1.29, 1.82) is 0 Å². The number of rotatable bonds is 0. The molecule has 1 aromatic heterocycles. The molecule has 3 nitrogen and oxygen atoms in total. The fourth-order valence-electron chi connectivity index (χ4n) is 0.301. The maximum Gasteiger partial charge on any atom is 0.201 e. The fraction of sp³-hybridized carbons (Fsp3) is 0.500. The van der Waals surface area contributed by atoms with Crippen molar-refractivity contribution in [1.82, 2.24) is 14.8 Å². The molecule has 0 aliphatic carbocycles. The van der Waals surface area contributed by atoms with E-state index in [-0.39, 0.29) is 0 Å². The van der Waals surface area contributed by atoms with Gasteiger partial charge in [-0.1, -0.05) is 0 Å². The molecule has 0 spiro atoms. The summed E-state index contributed by atoms with van der Waals surface area (Å²) < 4.78 is 1.74. The van der Waals surface area contributed by atoms with E-state index < -0.39 is 0 Å². The lowest BCUT2D eigenvalue weighted by molar-refractivity contribution is 0.851. The van der Waals surface area contributed by atoms with Crippen molar-refractivity contribution in [2.75, 3.05) is 0 Å². The molecule has 1 heterocycles. The van der Waals surface area contributed by atoms with E-state index in [0.717, 1.165) is 5.82 Å². The van der Waals surface area contributed by atoms with Crippen LogP contribution in [-0.2, 0) is 7.05 Å². The van der Waals surface area contributed by atoms with Gasteiger partial charge in [-0.15, -0.1) is 10.2 Å². The second-order valence-corrected chi connectivity index (χ2v) is 1.41. The molecule has 3 heteroatoms. The second-order valence-electron chi connectivity index (χ2n) is 1.41.